The molecule has 2 aliphatic rings. The molecule has 1 amide bonds. The van der Waals surface area contributed by atoms with Gasteiger partial charge in [0.15, 0.2) is 0 Å². The van der Waals surface area contributed by atoms with Gasteiger partial charge in [0.05, 0.1) is 29.2 Å². The third-order valence-corrected chi connectivity index (χ3v) is 6.72. The number of hydrogen-bond donors (Lipinski definition) is 2. The van der Waals surface area contributed by atoms with E-state index in [-0.39, 0.29) is 29.4 Å². The molecule has 176 valence electrons. The molecule has 0 spiro atoms. The van der Waals surface area contributed by atoms with E-state index in [9.17, 15) is 9.18 Å². The number of pyridine rings is 1. The van der Waals surface area contributed by atoms with Gasteiger partial charge in [-0.05, 0) is 65.6 Å². The van der Waals surface area contributed by atoms with E-state index in [0.29, 0.717) is 23.0 Å². The summed E-state index contributed by atoms with van der Waals surface area (Å²) in [4.78, 5) is 26.5. The van der Waals surface area contributed by atoms with Gasteiger partial charge < -0.3 is 15.6 Å². The van der Waals surface area contributed by atoms with Crippen LogP contribution in [0, 0.1) is 5.95 Å². The first-order valence-electron chi connectivity index (χ1n) is 11.0. The number of amides is 1. The second-order valence-electron chi connectivity index (χ2n) is 8.54. The number of nitrogen functional groups attached to an aromatic ring is 1. The van der Waals surface area contributed by atoms with Gasteiger partial charge in [0.25, 0.3) is 0 Å². The molecule has 0 bridgehead atoms. The van der Waals surface area contributed by atoms with Gasteiger partial charge in [0, 0.05) is 22.7 Å². The summed E-state index contributed by atoms with van der Waals surface area (Å²) in [6.45, 7) is 0. The predicted molar refractivity (Wildman–Crippen MR) is 126 cm³/mol. The summed E-state index contributed by atoms with van der Waals surface area (Å²) in [5.41, 5.74) is 8.75. The number of carbonyl (C=O) groups is 1. The van der Waals surface area contributed by atoms with E-state index in [1.54, 1.807) is 29.1 Å². The Balaban J connectivity index is 1.31. The second kappa shape index (κ2) is 8.27. The lowest BCUT2D eigenvalue weighted by molar-refractivity contribution is -0.129. The van der Waals surface area contributed by atoms with Crippen molar-refractivity contribution < 1.29 is 9.18 Å². The van der Waals surface area contributed by atoms with Crippen molar-refractivity contribution >= 4 is 28.9 Å². The summed E-state index contributed by atoms with van der Waals surface area (Å²) in [6.07, 6.45) is 6.90. The molecule has 10 nitrogen and oxygen atoms in total. The Morgan fingerprint density at radius 2 is 2.06 bits per heavy atom. The molecule has 3 N–H and O–H groups in total. The van der Waals surface area contributed by atoms with Crippen molar-refractivity contribution in [3.05, 3.63) is 71.3 Å². The molecule has 2 aliphatic heterocycles. The zero-order valence-electron chi connectivity index (χ0n) is 18.3. The largest absolute Gasteiger partial charge is 0.384 e. The quantitative estimate of drug-likeness (QED) is 0.418. The number of benzene rings is 1. The first-order valence-corrected chi connectivity index (χ1v) is 11.4. The first-order chi connectivity index (χ1) is 17.0. The zero-order chi connectivity index (χ0) is 24.1. The molecule has 0 unspecified atom stereocenters. The lowest BCUT2D eigenvalue weighted by Crippen LogP contribution is -2.39. The van der Waals surface area contributed by atoms with Gasteiger partial charge >= 0.3 is 0 Å². The molecule has 3 aromatic heterocycles. The van der Waals surface area contributed by atoms with Crippen LogP contribution in [0.4, 0.5) is 10.2 Å². The maximum Gasteiger partial charge on any atom is 0.247 e. The highest BCUT2D eigenvalue weighted by atomic mass is 35.5. The van der Waals surface area contributed by atoms with Crippen LogP contribution in [0.1, 0.15) is 36.7 Å². The average Bonchev–Trinajstić information content (AvgIpc) is 3.59. The van der Waals surface area contributed by atoms with E-state index in [2.05, 4.69) is 30.5 Å². The van der Waals surface area contributed by atoms with Crippen molar-refractivity contribution in [3.63, 3.8) is 0 Å². The number of fused-ring (bicyclic) bond motifs is 1. The molecule has 0 radical (unpaired) electrons. The lowest BCUT2D eigenvalue weighted by atomic mass is 9.92. The van der Waals surface area contributed by atoms with E-state index < -0.39 is 5.95 Å². The summed E-state index contributed by atoms with van der Waals surface area (Å²) in [5, 5.41) is 12.0. The van der Waals surface area contributed by atoms with E-state index in [1.165, 1.54) is 12.4 Å². The number of nitrogens with one attached hydrogen (secondary N) is 1. The number of anilines is 1. The van der Waals surface area contributed by atoms with Crippen molar-refractivity contribution in [2.45, 2.75) is 31.3 Å². The number of H-pyrrole nitrogens is 1. The Bertz CT molecular complexity index is 1470. The SMILES string of the molecule is Nc1ccc(-c2cnc([C@@H]3CC[C@@H]4CC(c5cc(Cl)ccc5-n5cnnn5)=CC(=O)N43)[nH]2)c(F)n1. The molecule has 12 heteroatoms. The second-order valence-corrected chi connectivity index (χ2v) is 8.98. The number of aromatic amines is 1. The minimum Gasteiger partial charge on any atom is -0.384 e. The van der Waals surface area contributed by atoms with Gasteiger partial charge in [-0.15, -0.1) is 5.10 Å². The molecular weight excluding hydrogens is 473 g/mol. The van der Waals surface area contributed by atoms with Crippen LogP contribution < -0.4 is 5.73 Å². The van der Waals surface area contributed by atoms with Crippen LogP contribution in [0.5, 0.6) is 0 Å². The monoisotopic (exact) mass is 491 g/mol. The third-order valence-electron chi connectivity index (χ3n) is 6.48. The number of hydrogen-bond acceptors (Lipinski definition) is 7. The van der Waals surface area contributed by atoms with Gasteiger partial charge in [-0.3, -0.25) is 4.79 Å². The number of aromatic nitrogens is 7. The molecule has 0 saturated carbocycles. The van der Waals surface area contributed by atoms with Crippen LogP contribution in [0.2, 0.25) is 5.02 Å². The molecule has 1 fully saturated rings. The number of imidazole rings is 1. The Morgan fingerprint density at radius 1 is 1.17 bits per heavy atom. The van der Waals surface area contributed by atoms with Gasteiger partial charge in [0.2, 0.25) is 11.9 Å². The molecule has 1 aromatic carbocycles. The van der Waals surface area contributed by atoms with Crippen LogP contribution >= 0.6 is 11.6 Å². The van der Waals surface area contributed by atoms with Gasteiger partial charge in [-0.2, -0.15) is 9.07 Å². The summed E-state index contributed by atoms with van der Waals surface area (Å²) in [6, 6.07) is 8.27. The van der Waals surface area contributed by atoms with Gasteiger partial charge in [-0.1, -0.05) is 11.6 Å². The number of halogens is 2. The van der Waals surface area contributed by atoms with Crippen LogP contribution in [-0.4, -0.2) is 52.0 Å². The molecule has 1 saturated heterocycles. The van der Waals surface area contributed by atoms with Crippen molar-refractivity contribution in [2.24, 2.45) is 0 Å². The minimum absolute atomic E-state index is 0.00307. The number of carbonyl (C=O) groups excluding carboxylic acids is 1. The maximum absolute atomic E-state index is 14.3. The Kier molecular flexibility index (Phi) is 5.06. The highest BCUT2D eigenvalue weighted by molar-refractivity contribution is 6.30. The average molecular weight is 492 g/mol. The van der Waals surface area contributed by atoms with E-state index in [4.69, 9.17) is 17.3 Å². The smallest absolute Gasteiger partial charge is 0.247 e. The number of rotatable bonds is 4. The van der Waals surface area contributed by atoms with Crippen LogP contribution in [0.3, 0.4) is 0 Å². The fourth-order valence-corrected chi connectivity index (χ4v) is 5.11. The standard InChI is InChI=1S/C23H19ClFN9O/c24-13-1-4-18(33-11-28-31-32-33)16(9-13)12-7-14-2-5-19(34(14)21(35)8-12)23-27-10-17(29-23)15-3-6-20(26)30-22(15)25/h1,3-4,6,8-11,14,19H,2,5,7H2,(H2,26,30)(H,27,29)/t14-,19+/m1/s1. The molecule has 4 aromatic rings. The Labute approximate surface area is 203 Å². The molecule has 35 heavy (non-hydrogen) atoms. The number of nitrogens with two attached hydrogens (primary N) is 1. The zero-order valence-corrected chi connectivity index (χ0v) is 19.0. The maximum atomic E-state index is 14.3. The fourth-order valence-electron chi connectivity index (χ4n) is 4.94. The van der Waals surface area contributed by atoms with Crippen LogP contribution in [-0.2, 0) is 4.79 Å². The number of nitrogens with zero attached hydrogens (tertiary/aromatic N) is 7. The van der Waals surface area contributed by atoms with Crippen LogP contribution in [0.15, 0.2) is 48.9 Å². The fraction of sp³-hybridized carbons (Fsp3) is 0.217. The van der Waals surface area contributed by atoms with E-state index >= 15 is 0 Å². The molecule has 5 heterocycles. The summed E-state index contributed by atoms with van der Waals surface area (Å²) >= 11 is 6.29. The summed E-state index contributed by atoms with van der Waals surface area (Å²) in [5.74, 6) is -0.0687. The van der Waals surface area contributed by atoms with Gasteiger partial charge in [-0.25, -0.2) is 9.97 Å². The first kappa shape index (κ1) is 21.4. The lowest BCUT2D eigenvalue weighted by Gasteiger charge is -2.33. The van der Waals surface area contributed by atoms with Gasteiger partial charge in [0.1, 0.15) is 18.0 Å². The predicted octanol–water partition coefficient (Wildman–Crippen LogP) is 3.34. The molecule has 0 aliphatic carbocycles. The Morgan fingerprint density at radius 3 is 2.86 bits per heavy atom. The van der Waals surface area contributed by atoms with Crippen molar-refractivity contribution in [2.75, 3.05) is 5.73 Å². The highest BCUT2D eigenvalue weighted by Crippen LogP contribution is 2.43. The Hall–Kier alpha value is -4.12. The van der Waals surface area contributed by atoms with Crippen LogP contribution in [0.25, 0.3) is 22.5 Å². The van der Waals surface area contributed by atoms with Crippen molar-refractivity contribution in [1.29, 1.82) is 0 Å². The topological polar surface area (TPSA) is 132 Å². The minimum atomic E-state index is -0.675. The normalized spacial score (nSPS) is 19.7. The molecular formula is C23H19ClFN9O. The molecule has 2 atom stereocenters. The summed E-state index contributed by atoms with van der Waals surface area (Å²) < 4.78 is 15.8. The van der Waals surface area contributed by atoms with Crippen molar-refractivity contribution in [1.82, 2.24) is 40.1 Å². The third kappa shape index (κ3) is 3.73. The van der Waals surface area contributed by atoms with Crippen molar-refractivity contribution in [3.8, 4) is 16.9 Å². The number of tetrazole rings is 1. The van der Waals surface area contributed by atoms with E-state index in [1.807, 2.05) is 17.0 Å². The highest BCUT2D eigenvalue weighted by Gasteiger charge is 2.41. The van der Waals surface area contributed by atoms with E-state index in [0.717, 1.165) is 29.7 Å². The summed E-state index contributed by atoms with van der Waals surface area (Å²) in [7, 11) is 0. The molecule has 6 rings (SSSR count).